The van der Waals surface area contributed by atoms with Crippen molar-refractivity contribution in [3.8, 4) is 0 Å². The van der Waals surface area contributed by atoms with Crippen LogP contribution in [-0.2, 0) is 0 Å². The molecular weight excluding hydrogens is 251 g/mol. The Kier molecular flexibility index (Phi) is 4.03. The van der Waals surface area contributed by atoms with Gasteiger partial charge in [0, 0.05) is 18.7 Å². The average Bonchev–Trinajstić information content (AvgIpc) is 2.18. The lowest BCUT2D eigenvalue weighted by Crippen LogP contribution is -2.29. The molecule has 0 unspecified atom stereocenters. The molecule has 1 aromatic carbocycles. The predicted octanol–water partition coefficient (Wildman–Crippen LogP) is 1.28. The van der Waals surface area contributed by atoms with Gasteiger partial charge in [0.1, 0.15) is 5.82 Å². The van der Waals surface area contributed by atoms with E-state index < -0.39 is 5.82 Å². The monoisotopic (exact) mass is 260 g/mol. The van der Waals surface area contributed by atoms with Crippen molar-refractivity contribution in [1.82, 2.24) is 5.32 Å². The molecule has 0 aliphatic rings. The summed E-state index contributed by atoms with van der Waals surface area (Å²) < 4.78 is 13.4. The molecular formula is C9H10BrFN2O. The standard InChI is InChI=1S/C9H10BrFN2O/c10-7-2-1-6(5-8(7)11)9(14)13-4-3-12/h1-2,5H,3-4,12H2,(H,13,14). The molecule has 0 aromatic heterocycles. The van der Waals surface area contributed by atoms with Gasteiger partial charge in [0.15, 0.2) is 0 Å². The number of nitrogens with one attached hydrogen (secondary N) is 1. The Balaban J connectivity index is 2.76. The minimum atomic E-state index is -0.453. The summed E-state index contributed by atoms with van der Waals surface area (Å²) in [6.07, 6.45) is 0. The van der Waals surface area contributed by atoms with Crippen LogP contribution in [0, 0.1) is 5.82 Å². The van der Waals surface area contributed by atoms with Gasteiger partial charge in [-0.25, -0.2) is 4.39 Å². The first-order valence-corrected chi connectivity index (χ1v) is 4.87. The van der Waals surface area contributed by atoms with Crippen LogP contribution >= 0.6 is 15.9 Å². The van der Waals surface area contributed by atoms with Gasteiger partial charge < -0.3 is 11.1 Å². The van der Waals surface area contributed by atoms with Gasteiger partial charge in [0.25, 0.3) is 5.91 Å². The highest BCUT2D eigenvalue weighted by atomic mass is 79.9. The van der Waals surface area contributed by atoms with Crippen molar-refractivity contribution < 1.29 is 9.18 Å². The first-order valence-electron chi connectivity index (χ1n) is 4.08. The number of nitrogens with two attached hydrogens (primary N) is 1. The average molecular weight is 261 g/mol. The van der Waals surface area contributed by atoms with Crippen molar-refractivity contribution in [2.24, 2.45) is 5.73 Å². The number of carbonyl (C=O) groups excluding carboxylic acids is 1. The van der Waals surface area contributed by atoms with Crippen molar-refractivity contribution >= 4 is 21.8 Å². The Bertz CT molecular complexity index is 344. The van der Waals surface area contributed by atoms with Gasteiger partial charge in [-0.3, -0.25) is 4.79 Å². The van der Waals surface area contributed by atoms with Crippen molar-refractivity contribution in [3.63, 3.8) is 0 Å². The van der Waals surface area contributed by atoms with Gasteiger partial charge in [0.05, 0.1) is 4.47 Å². The van der Waals surface area contributed by atoms with Crippen molar-refractivity contribution in [3.05, 3.63) is 34.1 Å². The number of hydrogen-bond acceptors (Lipinski definition) is 2. The summed E-state index contributed by atoms with van der Waals surface area (Å²) in [6, 6.07) is 4.21. The van der Waals surface area contributed by atoms with Gasteiger partial charge in [-0.1, -0.05) is 0 Å². The van der Waals surface area contributed by atoms with Crippen LogP contribution in [0.15, 0.2) is 22.7 Å². The Hall–Kier alpha value is -0.940. The molecule has 0 aliphatic heterocycles. The van der Waals surface area contributed by atoms with Crippen molar-refractivity contribution in [2.45, 2.75) is 0 Å². The van der Waals surface area contributed by atoms with Crippen molar-refractivity contribution in [1.29, 1.82) is 0 Å². The molecule has 3 nitrogen and oxygen atoms in total. The second-order valence-electron chi connectivity index (χ2n) is 2.67. The predicted molar refractivity (Wildman–Crippen MR) is 55.5 cm³/mol. The fourth-order valence-electron chi connectivity index (χ4n) is 0.925. The molecule has 3 N–H and O–H groups in total. The Morgan fingerprint density at radius 2 is 2.29 bits per heavy atom. The number of amides is 1. The smallest absolute Gasteiger partial charge is 0.251 e. The summed E-state index contributed by atoms with van der Waals surface area (Å²) in [7, 11) is 0. The minimum absolute atomic E-state index is 0.291. The highest BCUT2D eigenvalue weighted by Crippen LogP contribution is 2.16. The van der Waals surface area contributed by atoms with E-state index in [1.54, 1.807) is 6.07 Å². The molecule has 0 bridgehead atoms. The molecule has 0 saturated heterocycles. The fourth-order valence-corrected chi connectivity index (χ4v) is 1.17. The topological polar surface area (TPSA) is 55.1 Å². The van der Waals surface area contributed by atoms with Crippen LogP contribution in [0.5, 0.6) is 0 Å². The van der Waals surface area contributed by atoms with E-state index in [2.05, 4.69) is 21.2 Å². The lowest BCUT2D eigenvalue weighted by atomic mass is 10.2. The normalized spacial score (nSPS) is 9.93. The van der Waals surface area contributed by atoms with Gasteiger partial charge in [-0.15, -0.1) is 0 Å². The summed E-state index contributed by atoms with van der Waals surface area (Å²) in [5.74, 6) is -0.771. The van der Waals surface area contributed by atoms with E-state index in [0.717, 1.165) is 0 Å². The van der Waals surface area contributed by atoms with E-state index >= 15 is 0 Å². The molecule has 76 valence electrons. The second-order valence-corrected chi connectivity index (χ2v) is 3.53. The Morgan fingerprint density at radius 3 is 2.86 bits per heavy atom. The molecule has 1 rings (SSSR count). The maximum atomic E-state index is 13.0. The Morgan fingerprint density at radius 1 is 1.57 bits per heavy atom. The van der Waals surface area contributed by atoms with Crippen molar-refractivity contribution in [2.75, 3.05) is 13.1 Å². The second kappa shape index (κ2) is 5.07. The molecule has 0 saturated carbocycles. The molecule has 0 atom stereocenters. The molecule has 14 heavy (non-hydrogen) atoms. The molecule has 0 spiro atoms. The van der Waals surface area contributed by atoms with E-state index in [9.17, 15) is 9.18 Å². The van der Waals surface area contributed by atoms with Crippen LogP contribution in [0.3, 0.4) is 0 Å². The zero-order chi connectivity index (χ0) is 10.6. The lowest BCUT2D eigenvalue weighted by Gasteiger charge is -2.03. The van der Waals surface area contributed by atoms with Gasteiger partial charge >= 0.3 is 0 Å². The van der Waals surface area contributed by atoms with E-state index in [1.165, 1.54) is 12.1 Å². The van der Waals surface area contributed by atoms with E-state index in [0.29, 0.717) is 23.1 Å². The van der Waals surface area contributed by atoms with E-state index in [1.807, 2.05) is 0 Å². The summed E-state index contributed by atoms with van der Waals surface area (Å²) in [6.45, 7) is 0.751. The number of hydrogen-bond donors (Lipinski definition) is 2. The first kappa shape index (κ1) is 11.1. The van der Waals surface area contributed by atoms with Gasteiger partial charge in [-0.2, -0.15) is 0 Å². The maximum Gasteiger partial charge on any atom is 0.251 e. The fraction of sp³-hybridized carbons (Fsp3) is 0.222. The first-order chi connectivity index (χ1) is 6.65. The third kappa shape index (κ3) is 2.78. The SMILES string of the molecule is NCCNC(=O)c1ccc(Br)c(F)c1. The zero-order valence-electron chi connectivity index (χ0n) is 7.39. The molecule has 1 aromatic rings. The third-order valence-electron chi connectivity index (χ3n) is 1.61. The summed E-state index contributed by atoms with van der Waals surface area (Å²) >= 11 is 3.00. The maximum absolute atomic E-state index is 13.0. The van der Waals surface area contributed by atoms with Crippen LogP contribution in [0.25, 0.3) is 0 Å². The van der Waals surface area contributed by atoms with Crippen LogP contribution in [0.2, 0.25) is 0 Å². The molecule has 0 radical (unpaired) electrons. The van der Waals surface area contributed by atoms with E-state index in [-0.39, 0.29) is 5.91 Å². The number of carbonyl (C=O) groups is 1. The highest BCUT2D eigenvalue weighted by molar-refractivity contribution is 9.10. The molecule has 0 heterocycles. The minimum Gasteiger partial charge on any atom is -0.351 e. The van der Waals surface area contributed by atoms with Crippen LogP contribution in [-0.4, -0.2) is 19.0 Å². The summed E-state index contributed by atoms with van der Waals surface area (Å²) in [5, 5.41) is 2.55. The number of benzene rings is 1. The zero-order valence-corrected chi connectivity index (χ0v) is 8.97. The largest absolute Gasteiger partial charge is 0.351 e. The van der Waals surface area contributed by atoms with Gasteiger partial charge in [0.2, 0.25) is 0 Å². The number of rotatable bonds is 3. The molecule has 1 amide bonds. The molecule has 0 fully saturated rings. The Labute approximate surface area is 89.6 Å². The van der Waals surface area contributed by atoms with E-state index in [4.69, 9.17) is 5.73 Å². The quantitative estimate of drug-likeness (QED) is 0.861. The van der Waals surface area contributed by atoms with Crippen LogP contribution < -0.4 is 11.1 Å². The lowest BCUT2D eigenvalue weighted by molar-refractivity contribution is 0.0954. The summed E-state index contributed by atoms with van der Waals surface area (Å²) in [5.41, 5.74) is 5.50. The number of halogens is 2. The van der Waals surface area contributed by atoms with Crippen LogP contribution in [0.1, 0.15) is 10.4 Å². The molecule has 0 aliphatic carbocycles. The highest BCUT2D eigenvalue weighted by Gasteiger charge is 2.07. The summed E-state index contributed by atoms with van der Waals surface area (Å²) in [4.78, 5) is 11.3. The van der Waals surface area contributed by atoms with Gasteiger partial charge in [-0.05, 0) is 34.1 Å². The molecule has 5 heteroatoms. The van der Waals surface area contributed by atoms with Crippen LogP contribution in [0.4, 0.5) is 4.39 Å². The third-order valence-corrected chi connectivity index (χ3v) is 2.25.